The van der Waals surface area contributed by atoms with Crippen molar-refractivity contribution < 1.29 is 9.47 Å². The molecule has 2 aromatic rings. The van der Waals surface area contributed by atoms with Crippen LogP contribution in [0.2, 0.25) is 0 Å². The van der Waals surface area contributed by atoms with Crippen molar-refractivity contribution >= 4 is 0 Å². The minimum Gasteiger partial charge on any atom is -0.493 e. The smallest absolute Gasteiger partial charge is 0.161 e. The minimum absolute atomic E-state index is 0.440. The highest BCUT2D eigenvalue weighted by molar-refractivity contribution is 5.43. The van der Waals surface area contributed by atoms with Crippen LogP contribution in [0.3, 0.4) is 0 Å². The second kappa shape index (κ2) is 7.64. The molecule has 0 atom stereocenters. The number of nitrogens with zero attached hydrogens (tertiary/aromatic N) is 1. The van der Waals surface area contributed by atoms with Gasteiger partial charge in [-0.1, -0.05) is 19.1 Å². The molecule has 1 N–H and O–H groups in total. The maximum atomic E-state index is 5.85. The summed E-state index contributed by atoms with van der Waals surface area (Å²) in [7, 11) is 1.66. The topological polar surface area (TPSA) is 43.4 Å². The van der Waals surface area contributed by atoms with Gasteiger partial charge in [-0.2, -0.15) is 0 Å². The van der Waals surface area contributed by atoms with Crippen molar-refractivity contribution in [3.05, 3.63) is 53.3 Å². The normalized spacial score (nSPS) is 10.4. The van der Waals surface area contributed by atoms with Crippen LogP contribution < -0.4 is 14.8 Å². The van der Waals surface area contributed by atoms with Crippen LogP contribution in [-0.4, -0.2) is 18.6 Å². The van der Waals surface area contributed by atoms with Crippen LogP contribution in [0.4, 0.5) is 0 Å². The molecule has 0 unspecified atom stereocenters. The number of nitrogens with one attached hydrogen (secondary N) is 1. The number of hydrogen-bond donors (Lipinski definition) is 1. The Morgan fingerprint density at radius 2 is 2.05 bits per heavy atom. The van der Waals surface area contributed by atoms with Crippen LogP contribution in [0, 0.1) is 6.92 Å². The van der Waals surface area contributed by atoms with E-state index in [-0.39, 0.29) is 0 Å². The molecular weight excluding hydrogens is 264 g/mol. The first-order chi connectivity index (χ1) is 10.2. The number of ether oxygens (including phenoxy) is 2. The van der Waals surface area contributed by atoms with E-state index in [0.717, 1.165) is 35.8 Å². The molecule has 2 rings (SSSR count). The van der Waals surface area contributed by atoms with E-state index in [4.69, 9.17) is 9.47 Å². The van der Waals surface area contributed by atoms with E-state index in [9.17, 15) is 0 Å². The van der Waals surface area contributed by atoms with Crippen LogP contribution in [-0.2, 0) is 13.2 Å². The summed E-state index contributed by atoms with van der Waals surface area (Å²) in [6.07, 6.45) is 1.78. The van der Waals surface area contributed by atoms with Crippen LogP contribution in [0.25, 0.3) is 0 Å². The van der Waals surface area contributed by atoms with Gasteiger partial charge >= 0.3 is 0 Å². The zero-order chi connectivity index (χ0) is 15.1. The molecule has 112 valence electrons. The fourth-order valence-electron chi connectivity index (χ4n) is 2.03. The zero-order valence-electron chi connectivity index (χ0n) is 12.8. The van der Waals surface area contributed by atoms with Crippen molar-refractivity contribution in [2.75, 3.05) is 13.7 Å². The number of rotatable bonds is 7. The molecule has 0 saturated heterocycles. The zero-order valence-corrected chi connectivity index (χ0v) is 12.8. The van der Waals surface area contributed by atoms with Gasteiger partial charge in [-0.15, -0.1) is 0 Å². The quantitative estimate of drug-likeness (QED) is 0.849. The molecule has 0 aliphatic rings. The lowest BCUT2D eigenvalue weighted by atomic mass is 10.2. The Labute approximate surface area is 126 Å². The molecule has 0 spiro atoms. The van der Waals surface area contributed by atoms with E-state index in [1.807, 2.05) is 37.3 Å². The maximum Gasteiger partial charge on any atom is 0.161 e. The van der Waals surface area contributed by atoms with E-state index in [0.29, 0.717) is 6.61 Å². The van der Waals surface area contributed by atoms with E-state index in [1.54, 1.807) is 13.3 Å². The summed E-state index contributed by atoms with van der Waals surface area (Å²) in [4.78, 5) is 4.33. The summed E-state index contributed by atoms with van der Waals surface area (Å²) >= 11 is 0. The van der Waals surface area contributed by atoms with Gasteiger partial charge in [0, 0.05) is 12.7 Å². The van der Waals surface area contributed by atoms with Gasteiger partial charge in [-0.3, -0.25) is 4.98 Å². The fraction of sp³-hybridized carbons (Fsp3) is 0.353. The van der Waals surface area contributed by atoms with Gasteiger partial charge in [0.15, 0.2) is 11.5 Å². The van der Waals surface area contributed by atoms with Gasteiger partial charge in [-0.25, -0.2) is 0 Å². The number of aromatic nitrogens is 1. The third-order valence-electron chi connectivity index (χ3n) is 3.29. The Morgan fingerprint density at radius 3 is 2.76 bits per heavy atom. The molecule has 0 aliphatic carbocycles. The Morgan fingerprint density at radius 1 is 1.19 bits per heavy atom. The molecule has 1 aromatic heterocycles. The number of pyridine rings is 1. The van der Waals surface area contributed by atoms with Crippen molar-refractivity contribution in [3.63, 3.8) is 0 Å². The third-order valence-corrected chi connectivity index (χ3v) is 3.29. The summed E-state index contributed by atoms with van der Waals surface area (Å²) < 4.78 is 11.3. The predicted molar refractivity (Wildman–Crippen MR) is 83.7 cm³/mol. The van der Waals surface area contributed by atoms with Gasteiger partial charge in [-0.05, 0) is 42.8 Å². The molecule has 0 bridgehead atoms. The number of benzene rings is 1. The van der Waals surface area contributed by atoms with Crippen molar-refractivity contribution in [2.45, 2.75) is 27.0 Å². The standard InChI is InChI=1S/C17H22N2O2/c1-4-18-11-14-7-8-16(17(10-14)20-3)21-12-15-13(2)6-5-9-19-15/h5-10,18H,4,11-12H2,1-3H3. The van der Waals surface area contributed by atoms with Gasteiger partial charge < -0.3 is 14.8 Å². The lowest BCUT2D eigenvalue weighted by Crippen LogP contribution is -2.11. The van der Waals surface area contributed by atoms with Crippen LogP contribution >= 0.6 is 0 Å². The number of aryl methyl sites for hydroxylation is 1. The molecular formula is C17H22N2O2. The highest BCUT2D eigenvalue weighted by Crippen LogP contribution is 2.28. The first-order valence-electron chi connectivity index (χ1n) is 7.15. The SMILES string of the molecule is CCNCc1ccc(OCc2ncccc2C)c(OC)c1. The first-order valence-corrected chi connectivity index (χ1v) is 7.15. The predicted octanol–water partition coefficient (Wildman–Crippen LogP) is 3.09. The molecule has 4 heteroatoms. The van der Waals surface area contributed by atoms with Crippen LogP contribution in [0.5, 0.6) is 11.5 Å². The van der Waals surface area contributed by atoms with Gasteiger partial charge in [0.05, 0.1) is 12.8 Å². The fourth-order valence-corrected chi connectivity index (χ4v) is 2.03. The monoisotopic (exact) mass is 286 g/mol. The van der Waals surface area contributed by atoms with E-state index in [2.05, 4.69) is 17.2 Å². The summed E-state index contributed by atoms with van der Waals surface area (Å²) in [5.41, 5.74) is 3.24. The average Bonchev–Trinajstić information content (AvgIpc) is 2.52. The lowest BCUT2D eigenvalue weighted by molar-refractivity contribution is 0.280. The highest BCUT2D eigenvalue weighted by Gasteiger charge is 2.07. The third kappa shape index (κ3) is 4.20. The van der Waals surface area contributed by atoms with Crippen molar-refractivity contribution in [1.82, 2.24) is 10.3 Å². The Kier molecular flexibility index (Phi) is 5.58. The number of hydrogen-bond acceptors (Lipinski definition) is 4. The molecule has 4 nitrogen and oxygen atoms in total. The van der Waals surface area contributed by atoms with Gasteiger partial charge in [0.25, 0.3) is 0 Å². The van der Waals surface area contributed by atoms with E-state index >= 15 is 0 Å². The largest absolute Gasteiger partial charge is 0.493 e. The first kappa shape index (κ1) is 15.3. The summed E-state index contributed by atoms with van der Waals surface area (Å²) in [6.45, 7) is 6.33. The van der Waals surface area contributed by atoms with E-state index < -0.39 is 0 Å². The molecule has 0 fully saturated rings. The minimum atomic E-state index is 0.440. The summed E-state index contributed by atoms with van der Waals surface area (Å²) in [5, 5.41) is 3.29. The van der Waals surface area contributed by atoms with Crippen molar-refractivity contribution in [1.29, 1.82) is 0 Å². The van der Waals surface area contributed by atoms with Crippen LogP contribution in [0.15, 0.2) is 36.5 Å². The van der Waals surface area contributed by atoms with Gasteiger partial charge in [0.2, 0.25) is 0 Å². The summed E-state index contributed by atoms with van der Waals surface area (Å²) in [6, 6.07) is 9.95. The second-order valence-corrected chi connectivity index (χ2v) is 4.82. The molecule has 0 amide bonds. The van der Waals surface area contributed by atoms with Crippen LogP contribution in [0.1, 0.15) is 23.7 Å². The Bertz CT molecular complexity index is 585. The lowest BCUT2D eigenvalue weighted by Gasteiger charge is -2.13. The molecule has 0 aliphatic heterocycles. The molecule has 0 saturated carbocycles. The molecule has 21 heavy (non-hydrogen) atoms. The molecule has 0 radical (unpaired) electrons. The molecule has 1 heterocycles. The molecule has 1 aromatic carbocycles. The highest BCUT2D eigenvalue weighted by atomic mass is 16.5. The Hall–Kier alpha value is -2.07. The van der Waals surface area contributed by atoms with Crippen molar-refractivity contribution in [3.8, 4) is 11.5 Å². The maximum absolute atomic E-state index is 5.85. The Balaban J connectivity index is 2.07. The van der Waals surface area contributed by atoms with E-state index in [1.165, 1.54) is 5.56 Å². The average molecular weight is 286 g/mol. The summed E-state index contributed by atoms with van der Waals surface area (Å²) in [5.74, 6) is 1.49. The van der Waals surface area contributed by atoms with Gasteiger partial charge in [0.1, 0.15) is 6.61 Å². The number of methoxy groups -OCH3 is 1. The second-order valence-electron chi connectivity index (χ2n) is 4.82. The van der Waals surface area contributed by atoms with Crippen molar-refractivity contribution in [2.24, 2.45) is 0 Å².